The van der Waals surface area contributed by atoms with Gasteiger partial charge in [-0.2, -0.15) is 0 Å². The van der Waals surface area contributed by atoms with Crippen LogP contribution in [0.25, 0.3) is 11.1 Å². The van der Waals surface area contributed by atoms with Crippen LogP contribution in [0.5, 0.6) is 0 Å². The van der Waals surface area contributed by atoms with Gasteiger partial charge in [0, 0.05) is 32.6 Å². The fourth-order valence-electron chi connectivity index (χ4n) is 4.60. The van der Waals surface area contributed by atoms with Crippen LogP contribution in [0.2, 0.25) is 0 Å². The number of hydrogen-bond acceptors (Lipinski definition) is 5. The number of carbonyl (C=O) groups excluding carboxylic acids is 1. The van der Waals surface area contributed by atoms with Gasteiger partial charge in [-0.1, -0.05) is 42.5 Å². The minimum Gasteiger partial charge on any atom is -0.459 e. The molecule has 1 N–H and O–H groups in total. The van der Waals surface area contributed by atoms with Crippen molar-refractivity contribution in [3.05, 3.63) is 95.5 Å². The molecule has 0 saturated heterocycles. The zero-order valence-electron chi connectivity index (χ0n) is 19.6. The van der Waals surface area contributed by atoms with Crippen molar-refractivity contribution < 1.29 is 9.21 Å². The van der Waals surface area contributed by atoms with Crippen molar-refractivity contribution in [3.63, 3.8) is 0 Å². The Bertz CT molecular complexity index is 1280. The van der Waals surface area contributed by atoms with Gasteiger partial charge in [-0.25, -0.2) is 0 Å². The molecule has 1 atom stereocenters. The minimum atomic E-state index is -0.267. The zero-order chi connectivity index (χ0) is 23.5. The van der Waals surface area contributed by atoms with Crippen molar-refractivity contribution in [2.75, 3.05) is 13.1 Å². The molecule has 0 saturated carbocycles. The molecule has 4 aromatic rings. The van der Waals surface area contributed by atoms with E-state index in [2.05, 4.69) is 80.4 Å². The number of aryl methyl sites for hydroxylation is 1. The highest BCUT2D eigenvalue weighted by Crippen LogP contribution is 2.25. The molecule has 5 rings (SSSR count). The molecule has 0 spiro atoms. The Labute approximate surface area is 199 Å². The first-order valence-corrected chi connectivity index (χ1v) is 11.7. The normalized spacial score (nSPS) is 14.9. The van der Waals surface area contributed by atoms with Crippen molar-refractivity contribution in [3.8, 4) is 11.1 Å². The number of amides is 1. The summed E-state index contributed by atoms with van der Waals surface area (Å²) in [7, 11) is 0. The van der Waals surface area contributed by atoms with Gasteiger partial charge >= 0.3 is 0 Å². The molecule has 1 amide bonds. The molecule has 3 heterocycles. The van der Waals surface area contributed by atoms with Crippen molar-refractivity contribution in [2.24, 2.45) is 0 Å². The van der Waals surface area contributed by atoms with Crippen molar-refractivity contribution >= 4 is 5.91 Å². The van der Waals surface area contributed by atoms with Crippen molar-refractivity contribution in [2.45, 2.75) is 39.4 Å². The minimum absolute atomic E-state index is 0.251. The van der Waals surface area contributed by atoms with E-state index in [-0.39, 0.29) is 11.9 Å². The summed E-state index contributed by atoms with van der Waals surface area (Å²) < 4.78 is 7.35. The Hall–Kier alpha value is -3.71. The topological polar surface area (TPSA) is 76.2 Å². The van der Waals surface area contributed by atoms with E-state index in [9.17, 15) is 4.79 Å². The molecule has 0 radical (unpaired) electrons. The third-order valence-electron chi connectivity index (χ3n) is 6.42. The van der Waals surface area contributed by atoms with E-state index in [1.54, 1.807) is 12.1 Å². The summed E-state index contributed by atoms with van der Waals surface area (Å²) in [6, 6.07) is 20.4. The Morgan fingerprint density at radius 1 is 1.06 bits per heavy atom. The molecule has 0 aliphatic carbocycles. The standard InChI is InChI=1S/C27H29N5O2/c1-19-7-3-4-10-23(19)22-9-5-8-21(17-22)18-31-13-12-25-29-30-26(32(25)15-14-31)20(2)28-27(33)24-11-6-16-34-24/h3-11,16-17,20H,12-15,18H2,1-2H3,(H,28,33)/t20-/m1/s1. The number of fused-ring (bicyclic) bond motifs is 1. The van der Waals surface area contributed by atoms with Gasteiger partial charge in [0.15, 0.2) is 11.6 Å². The summed E-state index contributed by atoms with van der Waals surface area (Å²) in [6.07, 6.45) is 2.32. The largest absolute Gasteiger partial charge is 0.459 e. The molecular formula is C27H29N5O2. The summed E-state index contributed by atoms with van der Waals surface area (Å²) in [5, 5.41) is 11.8. The third kappa shape index (κ3) is 4.65. The highest BCUT2D eigenvalue weighted by molar-refractivity contribution is 5.91. The molecule has 2 aromatic carbocycles. The second-order valence-electron chi connectivity index (χ2n) is 8.84. The van der Waals surface area contributed by atoms with Crippen LogP contribution in [0.3, 0.4) is 0 Å². The summed E-state index contributed by atoms with van der Waals surface area (Å²) in [4.78, 5) is 14.8. The van der Waals surface area contributed by atoms with Crippen LogP contribution in [0, 0.1) is 6.92 Å². The lowest BCUT2D eigenvalue weighted by Gasteiger charge is -2.20. The molecule has 174 valence electrons. The highest BCUT2D eigenvalue weighted by Gasteiger charge is 2.23. The van der Waals surface area contributed by atoms with E-state index in [1.165, 1.54) is 28.5 Å². The molecule has 2 aromatic heterocycles. The molecule has 0 bridgehead atoms. The van der Waals surface area contributed by atoms with Gasteiger partial charge in [0.25, 0.3) is 5.91 Å². The van der Waals surface area contributed by atoms with Crippen LogP contribution in [-0.4, -0.2) is 38.7 Å². The Morgan fingerprint density at radius 2 is 1.94 bits per heavy atom. The van der Waals surface area contributed by atoms with Gasteiger partial charge in [-0.05, 0) is 54.3 Å². The van der Waals surface area contributed by atoms with Gasteiger partial charge in [0.2, 0.25) is 0 Å². The monoisotopic (exact) mass is 455 g/mol. The summed E-state index contributed by atoms with van der Waals surface area (Å²) in [6.45, 7) is 7.57. The average molecular weight is 456 g/mol. The summed E-state index contributed by atoms with van der Waals surface area (Å²) in [5.41, 5.74) is 5.12. The van der Waals surface area contributed by atoms with E-state index >= 15 is 0 Å². The molecule has 0 unspecified atom stereocenters. The maximum Gasteiger partial charge on any atom is 0.287 e. The molecule has 7 nitrogen and oxygen atoms in total. The quantitative estimate of drug-likeness (QED) is 0.467. The second kappa shape index (κ2) is 9.65. The number of carbonyl (C=O) groups is 1. The third-order valence-corrected chi connectivity index (χ3v) is 6.42. The first-order chi connectivity index (χ1) is 16.6. The molecule has 1 aliphatic heterocycles. The smallest absolute Gasteiger partial charge is 0.287 e. The van der Waals surface area contributed by atoms with Crippen LogP contribution < -0.4 is 5.32 Å². The average Bonchev–Trinajstić information content (AvgIpc) is 3.48. The Kier molecular flexibility index (Phi) is 6.27. The van der Waals surface area contributed by atoms with Crippen LogP contribution >= 0.6 is 0 Å². The van der Waals surface area contributed by atoms with E-state index in [0.717, 1.165) is 44.2 Å². The number of rotatable bonds is 6. The second-order valence-corrected chi connectivity index (χ2v) is 8.84. The van der Waals surface area contributed by atoms with E-state index in [4.69, 9.17) is 4.42 Å². The lowest BCUT2D eigenvalue weighted by Crippen LogP contribution is -2.30. The van der Waals surface area contributed by atoms with Gasteiger partial charge in [-0.15, -0.1) is 10.2 Å². The lowest BCUT2D eigenvalue weighted by atomic mass is 9.99. The number of nitrogens with zero attached hydrogens (tertiary/aromatic N) is 4. The highest BCUT2D eigenvalue weighted by atomic mass is 16.3. The maximum absolute atomic E-state index is 12.4. The number of nitrogens with one attached hydrogen (secondary N) is 1. The number of benzene rings is 2. The number of aromatic nitrogens is 3. The van der Waals surface area contributed by atoms with Gasteiger partial charge < -0.3 is 14.3 Å². The van der Waals surface area contributed by atoms with E-state index in [0.29, 0.717) is 5.76 Å². The van der Waals surface area contributed by atoms with Crippen LogP contribution in [0.4, 0.5) is 0 Å². The fraction of sp³-hybridized carbons (Fsp3) is 0.296. The van der Waals surface area contributed by atoms with E-state index < -0.39 is 0 Å². The van der Waals surface area contributed by atoms with Gasteiger partial charge in [-0.3, -0.25) is 9.69 Å². The predicted molar refractivity (Wildman–Crippen MR) is 130 cm³/mol. The van der Waals surface area contributed by atoms with Crippen molar-refractivity contribution in [1.29, 1.82) is 0 Å². The first-order valence-electron chi connectivity index (χ1n) is 11.7. The number of furan rings is 1. The zero-order valence-corrected chi connectivity index (χ0v) is 19.6. The molecule has 0 fully saturated rings. The SMILES string of the molecule is Cc1ccccc1-c1cccc(CN2CCc3nnc([C@@H](C)NC(=O)c4ccco4)n3CC2)c1. The van der Waals surface area contributed by atoms with Crippen LogP contribution in [0.1, 0.15) is 46.3 Å². The maximum atomic E-state index is 12.4. The summed E-state index contributed by atoms with van der Waals surface area (Å²) in [5.74, 6) is 1.78. The van der Waals surface area contributed by atoms with Crippen molar-refractivity contribution in [1.82, 2.24) is 25.0 Å². The Balaban J connectivity index is 1.26. The van der Waals surface area contributed by atoms with Crippen LogP contribution in [-0.2, 0) is 19.5 Å². The molecule has 1 aliphatic rings. The Morgan fingerprint density at radius 3 is 2.76 bits per heavy atom. The summed E-state index contributed by atoms with van der Waals surface area (Å²) >= 11 is 0. The molecule has 34 heavy (non-hydrogen) atoms. The first kappa shape index (κ1) is 22.1. The fourth-order valence-corrected chi connectivity index (χ4v) is 4.60. The molecular weight excluding hydrogens is 426 g/mol. The number of hydrogen-bond donors (Lipinski definition) is 1. The lowest BCUT2D eigenvalue weighted by molar-refractivity contribution is 0.0909. The van der Waals surface area contributed by atoms with Gasteiger partial charge in [0.05, 0.1) is 12.3 Å². The molecule has 7 heteroatoms. The predicted octanol–water partition coefficient (Wildman–Crippen LogP) is 4.40. The van der Waals surface area contributed by atoms with E-state index in [1.807, 2.05) is 6.92 Å². The van der Waals surface area contributed by atoms with Crippen LogP contribution in [0.15, 0.2) is 71.3 Å². The van der Waals surface area contributed by atoms with Gasteiger partial charge in [0.1, 0.15) is 5.82 Å².